The molecule has 3 rings (SSSR count). The number of aromatic nitrogens is 4. The number of ether oxygens (including phenoxy) is 2. The number of nitrogen functional groups attached to an aromatic ring is 1. The fourth-order valence-corrected chi connectivity index (χ4v) is 2.21. The molecule has 0 aromatic carbocycles. The Morgan fingerprint density at radius 3 is 3.21 bits per heavy atom. The van der Waals surface area contributed by atoms with E-state index in [2.05, 4.69) is 15.1 Å². The zero-order valence-corrected chi connectivity index (χ0v) is 10.9. The fraction of sp³-hybridized carbons (Fsp3) is 0.583. The largest absolute Gasteiger partial charge is 0.383 e. The summed E-state index contributed by atoms with van der Waals surface area (Å²) < 4.78 is 12.8. The Kier molecular flexibility index (Phi) is 3.31. The van der Waals surface area contributed by atoms with Gasteiger partial charge in [-0.05, 0) is 12.8 Å². The van der Waals surface area contributed by atoms with Gasteiger partial charge in [0.25, 0.3) is 0 Å². The molecule has 7 heteroatoms. The van der Waals surface area contributed by atoms with Crippen molar-refractivity contribution in [3.8, 4) is 0 Å². The van der Waals surface area contributed by atoms with E-state index < -0.39 is 0 Å². The first kappa shape index (κ1) is 12.3. The molecule has 1 aliphatic heterocycles. The average Bonchev–Trinajstić information content (AvgIpc) is 3.01. The SMILES string of the molecule is Cn1ncc2c(N)nc(COCC3CCCO3)nc21. The van der Waals surface area contributed by atoms with Crippen LogP contribution in [-0.2, 0) is 23.1 Å². The molecule has 0 aliphatic carbocycles. The van der Waals surface area contributed by atoms with Crippen LogP contribution in [0.15, 0.2) is 6.20 Å². The van der Waals surface area contributed by atoms with Gasteiger partial charge in [-0.3, -0.25) is 4.68 Å². The Morgan fingerprint density at radius 2 is 2.42 bits per heavy atom. The van der Waals surface area contributed by atoms with Crippen LogP contribution in [0.5, 0.6) is 0 Å². The van der Waals surface area contributed by atoms with Gasteiger partial charge in [0.2, 0.25) is 0 Å². The van der Waals surface area contributed by atoms with Gasteiger partial charge in [-0.25, -0.2) is 9.97 Å². The lowest BCUT2D eigenvalue weighted by molar-refractivity contribution is 0.00873. The molecule has 2 aromatic heterocycles. The van der Waals surface area contributed by atoms with Crippen LogP contribution in [0.2, 0.25) is 0 Å². The molecule has 0 amide bonds. The van der Waals surface area contributed by atoms with Crippen LogP contribution in [0.1, 0.15) is 18.7 Å². The minimum absolute atomic E-state index is 0.206. The molecule has 1 atom stereocenters. The van der Waals surface area contributed by atoms with Crippen LogP contribution in [0.4, 0.5) is 5.82 Å². The third kappa shape index (κ3) is 2.52. The number of nitrogens with two attached hydrogens (primary N) is 1. The summed E-state index contributed by atoms with van der Waals surface area (Å²) in [6.45, 7) is 1.75. The number of fused-ring (bicyclic) bond motifs is 1. The molecule has 0 spiro atoms. The number of hydrogen-bond acceptors (Lipinski definition) is 6. The van der Waals surface area contributed by atoms with E-state index in [4.69, 9.17) is 15.2 Å². The molecule has 102 valence electrons. The van der Waals surface area contributed by atoms with E-state index in [1.165, 1.54) is 0 Å². The normalized spacial score (nSPS) is 19.3. The van der Waals surface area contributed by atoms with Crippen LogP contribution in [0.3, 0.4) is 0 Å². The molecular formula is C12H17N5O2. The predicted octanol–water partition coefficient (Wildman–Crippen LogP) is 0.641. The molecule has 1 unspecified atom stereocenters. The Bertz CT molecular complexity index is 577. The van der Waals surface area contributed by atoms with E-state index in [0.717, 1.165) is 30.5 Å². The number of hydrogen-bond donors (Lipinski definition) is 1. The van der Waals surface area contributed by atoms with Crippen molar-refractivity contribution in [1.29, 1.82) is 0 Å². The summed E-state index contributed by atoms with van der Waals surface area (Å²) in [4.78, 5) is 8.63. The van der Waals surface area contributed by atoms with Gasteiger partial charge in [0.05, 0.1) is 24.3 Å². The Hall–Kier alpha value is -1.73. The number of nitrogens with zero attached hydrogens (tertiary/aromatic N) is 4. The third-order valence-electron chi connectivity index (χ3n) is 3.23. The quantitative estimate of drug-likeness (QED) is 0.871. The first-order valence-corrected chi connectivity index (χ1v) is 6.37. The summed E-state index contributed by atoms with van der Waals surface area (Å²) in [5, 5.41) is 4.88. The molecule has 2 N–H and O–H groups in total. The van der Waals surface area contributed by atoms with E-state index in [0.29, 0.717) is 24.9 Å². The van der Waals surface area contributed by atoms with E-state index in [9.17, 15) is 0 Å². The maximum atomic E-state index is 5.88. The lowest BCUT2D eigenvalue weighted by Gasteiger charge is -2.09. The van der Waals surface area contributed by atoms with E-state index in [1.54, 1.807) is 10.9 Å². The van der Waals surface area contributed by atoms with E-state index >= 15 is 0 Å². The maximum Gasteiger partial charge on any atom is 0.163 e. The number of anilines is 1. The van der Waals surface area contributed by atoms with Crippen molar-refractivity contribution in [2.45, 2.75) is 25.6 Å². The van der Waals surface area contributed by atoms with E-state index in [-0.39, 0.29) is 6.10 Å². The highest BCUT2D eigenvalue weighted by Crippen LogP contribution is 2.17. The minimum atomic E-state index is 0.206. The molecule has 1 saturated heterocycles. The fourth-order valence-electron chi connectivity index (χ4n) is 2.21. The van der Waals surface area contributed by atoms with Gasteiger partial charge in [-0.1, -0.05) is 0 Å². The van der Waals surface area contributed by atoms with Crippen molar-refractivity contribution in [3.63, 3.8) is 0 Å². The predicted molar refractivity (Wildman–Crippen MR) is 69.3 cm³/mol. The van der Waals surface area contributed by atoms with Gasteiger partial charge in [0, 0.05) is 13.7 Å². The Labute approximate surface area is 110 Å². The van der Waals surface area contributed by atoms with Crippen LogP contribution < -0.4 is 5.73 Å². The minimum Gasteiger partial charge on any atom is -0.383 e. The monoisotopic (exact) mass is 263 g/mol. The van der Waals surface area contributed by atoms with Crippen LogP contribution in [0, 0.1) is 0 Å². The summed E-state index contributed by atoms with van der Waals surface area (Å²) in [5.74, 6) is 1.01. The van der Waals surface area contributed by atoms with Gasteiger partial charge >= 0.3 is 0 Å². The highest BCUT2D eigenvalue weighted by atomic mass is 16.5. The Morgan fingerprint density at radius 1 is 1.53 bits per heavy atom. The van der Waals surface area contributed by atoms with Gasteiger partial charge < -0.3 is 15.2 Å². The summed E-state index contributed by atoms with van der Waals surface area (Å²) in [6, 6.07) is 0. The molecule has 0 bridgehead atoms. The molecule has 2 aromatic rings. The van der Waals surface area contributed by atoms with Crippen molar-refractivity contribution in [3.05, 3.63) is 12.0 Å². The molecule has 1 aliphatic rings. The summed E-state index contributed by atoms with van der Waals surface area (Å²) in [6.07, 6.45) is 4.04. The van der Waals surface area contributed by atoms with Gasteiger partial charge in [-0.15, -0.1) is 0 Å². The zero-order chi connectivity index (χ0) is 13.2. The standard InChI is InChI=1S/C12H17N5O2/c1-17-12-9(5-14-17)11(13)15-10(16-12)7-18-6-8-3-2-4-19-8/h5,8H,2-4,6-7H2,1H3,(H2,13,15,16). The van der Waals surface area contributed by atoms with Crippen molar-refractivity contribution < 1.29 is 9.47 Å². The molecule has 19 heavy (non-hydrogen) atoms. The summed E-state index contributed by atoms with van der Waals surface area (Å²) >= 11 is 0. The highest BCUT2D eigenvalue weighted by molar-refractivity contribution is 5.84. The zero-order valence-electron chi connectivity index (χ0n) is 10.9. The van der Waals surface area contributed by atoms with Crippen molar-refractivity contribution in [2.24, 2.45) is 7.05 Å². The van der Waals surface area contributed by atoms with Crippen LogP contribution in [0.25, 0.3) is 11.0 Å². The van der Waals surface area contributed by atoms with Crippen LogP contribution in [-0.4, -0.2) is 39.1 Å². The smallest absolute Gasteiger partial charge is 0.163 e. The third-order valence-corrected chi connectivity index (χ3v) is 3.23. The second kappa shape index (κ2) is 5.10. The molecule has 0 saturated carbocycles. The van der Waals surface area contributed by atoms with Crippen molar-refractivity contribution >= 4 is 16.9 Å². The topological polar surface area (TPSA) is 88.1 Å². The number of rotatable bonds is 4. The molecule has 0 radical (unpaired) electrons. The molecular weight excluding hydrogens is 246 g/mol. The van der Waals surface area contributed by atoms with Gasteiger partial charge in [0.1, 0.15) is 12.4 Å². The van der Waals surface area contributed by atoms with Crippen molar-refractivity contribution in [1.82, 2.24) is 19.7 Å². The van der Waals surface area contributed by atoms with Gasteiger partial charge in [0.15, 0.2) is 11.5 Å². The lowest BCUT2D eigenvalue weighted by atomic mass is 10.2. The molecule has 7 nitrogen and oxygen atoms in total. The summed E-state index contributed by atoms with van der Waals surface area (Å²) in [7, 11) is 1.83. The Balaban J connectivity index is 1.68. The first-order valence-electron chi connectivity index (χ1n) is 6.37. The lowest BCUT2D eigenvalue weighted by Crippen LogP contribution is -2.15. The molecule has 1 fully saturated rings. The van der Waals surface area contributed by atoms with Crippen LogP contribution >= 0.6 is 0 Å². The average molecular weight is 263 g/mol. The van der Waals surface area contributed by atoms with E-state index in [1.807, 2.05) is 7.05 Å². The van der Waals surface area contributed by atoms with Crippen molar-refractivity contribution in [2.75, 3.05) is 18.9 Å². The highest BCUT2D eigenvalue weighted by Gasteiger charge is 2.16. The summed E-state index contributed by atoms with van der Waals surface area (Å²) in [5.41, 5.74) is 6.60. The second-order valence-corrected chi connectivity index (χ2v) is 4.68. The number of aryl methyl sites for hydroxylation is 1. The second-order valence-electron chi connectivity index (χ2n) is 4.68. The maximum absolute atomic E-state index is 5.88. The molecule has 3 heterocycles. The van der Waals surface area contributed by atoms with Gasteiger partial charge in [-0.2, -0.15) is 5.10 Å². The first-order chi connectivity index (χ1) is 9.24.